The van der Waals surface area contributed by atoms with E-state index in [1.807, 2.05) is 43.3 Å². The SMILES string of the molecule is COc1cccc(OCC(=O)N/N=C/c2ccc(OCc3ccc(C)cc3)c(OC)c2)c1. The van der Waals surface area contributed by atoms with Crippen molar-refractivity contribution in [3.63, 3.8) is 0 Å². The van der Waals surface area contributed by atoms with Crippen LogP contribution in [0.5, 0.6) is 23.0 Å². The first-order valence-electron chi connectivity index (χ1n) is 10.0. The van der Waals surface area contributed by atoms with Crippen LogP contribution in [0.25, 0.3) is 0 Å². The molecule has 0 aliphatic rings. The number of nitrogens with zero attached hydrogens (tertiary/aromatic N) is 1. The van der Waals surface area contributed by atoms with E-state index in [1.165, 1.54) is 11.8 Å². The van der Waals surface area contributed by atoms with Crippen molar-refractivity contribution in [3.8, 4) is 23.0 Å². The van der Waals surface area contributed by atoms with Crippen LogP contribution >= 0.6 is 0 Å². The van der Waals surface area contributed by atoms with Crippen molar-refractivity contribution in [2.24, 2.45) is 5.10 Å². The Morgan fingerprint density at radius 2 is 1.69 bits per heavy atom. The Morgan fingerprint density at radius 1 is 0.906 bits per heavy atom. The van der Waals surface area contributed by atoms with Gasteiger partial charge in [0.15, 0.2) is 18.1 Å². The second-order valence-corrected chi connectivity index (χ2v) is 6.95. The highest BCUT2D eigenvalue weighted by molar-refractivity contribution is 5.83. The fraction of sp³-hybridized carbons (Fsp3) is 0.200. The zero-order valence-corrected chi connectivity index (χ0v) is 18.3. The molecule has 1 amide bonds. The number of carbonyl (C=O) groups excluding carboxylic acids is 1. The van der Waals surface area contributed by atoms with Gasteiger partial charge in [0, 0.05) is 6.07 Å². The molecule has 3 rings (SSSR count). The van der Waals surface area contributed by atoms with Crippen molar-refractivity contribution in [1.29, 1.82) is 0 Å². The zero-order chi connectivity index (χ0) is 22.8. The number of carbonyl (C=O) groups is 1. The molecule has 0 saturated heterocycles. The molecule has 0 spiro atoms. The fourth-order valence-electron chi connectivity index (χ4n) is 2.78. The Morgan fingerprint density at radius 3 is 2.44 bits per heavy atom. The van der Waals surface area contributed by atoms with Crippen LogP contribution in [-0.4, -0.2) is 32.9 Å². The minimum Gasteiger partial charge on any atom is -0.497 e. The van der Waals surface area contributed by atoms with Crippen molar-refractivity contribution in [2.45, 2.75) is 13.5 Å². The van der Waals surface area contributed by atoms with Crippen molar-refractivity contribution in [2.75, 3.05) is 20.8 Å². The molecule has 32 heavy (non-hydrogen) atoms. The summed E-state index contributed by atoms with van der Waals surface area (Å²) in [5, 5.41) is 3.97. The molecule has 7 nitrogen and oxygen atoms in total. The Balaban J connectivity index is 1.51. The van der Waals surface area contributed by atoms with Gasteiger partial charge in [-0.2, -0.15) is 5.10 Å². The third-order valence-corrected chi connectivity index (χ3v) is 4.52. The molecule has 3 aromatic rings. The van der Waals surface area contributed by atoms with Crippen LogP contribution in [-0.2, 0) is 11.4 Å². The molecule has 0 fully saturated rings. The van der Waals surface area contributed by atoms with E-state index in [4.69, 9.17) is 18.9 Å². The van der Waals surface area contributed by atoms with E-state index in [0.717, 1.165) is 11.1 Å². The number of amides is 1. The van der Waals surface area contributed by atoms with Crippen LogP contribution in [0.1, 0.15) is 16.7 Å². The summed E-state index contributed by atoms with van der Waals surface area (Å²) in [6, 6.07) is 20.6. The first-order valence-corrected chi connectivity index (χ1v) is 10.0. The molecule has 0 atom stereocenters. The maximum absolute atomic E-state index is 12.0. The van der Waals surface area contributed by atoms with Crippen molar-refractivity contribution in [1.82, 2.24) is 5.43 Å². The molecule has 0 heterocycles. The Kier molecular flexibility index (Phi) is 8.09. The van der Waals surface area contributed by atoms with E-state index in [0.29, 0.717) is 29.6 Å². The quantitative estimate of drug-likeness (QED) is 0.384. The van der Waals surface area contributed by atoms with E-state index in [9.17, 15) is 4.79 Å². The summed E-state index contributed by atoms with van der Waals surface area (Å²) in [6.07, 6.45) is 1.52. The molecule has 3 aromatic carbocycles. The number of aryl methyl sites for hydroxylation is 1. The van der Waals surface area contributed by atoms with Gasteiger partial charge < -0.3 is 18.9 Å². The van der Waals surface area contributed by atoms with E-state index < -0.39 is 0 Å². The third-order valence-electron chi connectivity index (χ3n) is 4.52. The number of rotatable bonds is 10. The molecule has 0 bridgehead atoms. The second kappa shape index (κ2) is 11.4. The molecule has 0 unspecified atom stereocenters. The summed E-state index contributed by atoms with van der Waals surface area (Å²) in [5.74, 6) is 2.01. The number of hydrogen-bond donors (Lipinski definition) is 1. The molecule has 0 aromatic heterocycles. The van der Waals surface area contributed by atoms with Crippen molar-refractivity contribution < 1.29 is 23.7 Å². The summed E-state index contributed by atoms with van der Waals surface area (Å²) in [7, 11) is 3.14. The lowest BCUT2D eigenvalue weighted by Gasteiger charge is -2.11. The Labute approximate surface area is 187 Å². The first-order chi connectivity index (χ1) is 15.6. The minimum atomic E-state index is -0.380. The molecule has 1 N–H and O–H groups in total. The number of benzene rings is 3. The first kappa shape index (κ1) is 22.7. The number of ether oxygens (including phenoxy) is 4. The predicted molar refractivity (Wildman–Crippen MR) is 123 cm³/mol. The van der Waals surface area contributed by atoms with Gasteiger partial charge in [-0.1, -0.05) is 35.9 Å². The van der Waals surface area contributed by atoms with Crippen molar-refractivity contribution >= 4 is 12.1 Å². The average Bonchev–Trinajstić information content (AvgIpc) is 2.83. The smallest absolute Gasteiger partial charge is 0.277 e. The highest BCUT2D eigenvalue weighted by atomic mass is 16.5. The van der Waals surface area contributed by atoms with Gasteiger partial charge in [-0.3, -0.25) is 4.79 Å². The topological polar surface area (TPSA) is 78.4 Å². The largest absolute Gasteiger partial charge is 0.497 e. The highest BCUT2D eigenvalue weighted by Crippen LogP contribution is 2.28. The maximum Gasteiger partial charge on any atom is 0.277 e. The van der Waals surface area contributed by atoms with Crippen LogP contribution in [0.4, 0.5) is 0 Å². The maximum atomic E-state index is 12.0. The van der Waals surface area contributed by atoms with Gasteiger partial charge in [-0.25, -0.2) is 5.43 Å². The van der Waals surface area contributed by atoms with E-state index >= 15 is 0 Å². The van der Waals surface area contributed by atoms with Gasteiger partial charge in [0.2, 0.25) is 0 Å². The molecule has 0 aliphatic carbocycles. The monoisotopic (exact) mass is 434 g/mol. The zero-order valence-electron chi connectivity index (χ0n) is 18.3. The molecule has 166 valence electrons. The van der Waals surface area contributed by atoms with Gasteiger partial charge in [0.25, 0.3) is 5.91 Å². The van der Waals surface area contributed by atoms with E-state index in [2.05, 4.69) is 10.5 Å². The highest BCUT2D eigenvalue weighted by Gasteiger charge is 2.06. The van der Waals surface area contributed by atoms with Crippen LogP contribution in [0.3, 0.4) is 0 Å². The van der Waals surface area contributed by atoms with Gasteiger partial charge >= 0.3 is 0 Å². The Bertz CT molecular complexity index is 1060. The van der Waals surface area contributed by atoms with Crippen molar-refractivity contribution in [3.05, 3.63) is 83.4 Å². The summed E-state index contributed by atoms with van der Waals surface area (Å²) in [4.78, 5) is 12.0. The molecule has 0 aliphatic heterocycles. The van der Waals surface area contributed by atoms with Crippen LogP contribution in [0, 0.1) is 6.92 Å². The Hall–Kier alpha value is -4.00. The minimum absolute atomic E-state index is 0.167. The average molecular weight is 434 g/mol. The lowest BCUT2D eigenvalue weighted by molar-refractivity contribution is -0.123. The molecule has 0 saturated carbocycles. The summed E-state index contributed by atoms with van der Waals surface area (Å²) >= 11 is 0. The molecular formula is C25H26N2O5. The van der Waals surface area contributed by atoms with Gasteiger partial charge in [0.1, 0.15) is 18.1 Å². The van der Waals surface area contributed by atoms with Crippen LogP contribution in [0.2, 0.25) is 0 Å². The number of hydrogen-bond acceptors (Lipinski definition) is 6. The fourth-order valence-corrected chi connectivity index (χ4v) is 2.78. The number of hydrazone groups is 1. The predicted octanol–water partition coefficient (Wildman–Crippen LogP) is 4.12. The summed E-state index contributed by atoms with van der Waals surface area (Å²) in [5.41, 5.74) is 5.46. The molecule has 0 radical (unpaired) electrons. The van der Waals surface area contributed by atoms with E-state index in [-0.39, 0.29) is 12.5 Å². The number of nitrogens with one attached hydrogen (secondary N) is 1. The number of methoxy groups -OCH3 is 2. The van der Waals surface area contributed by atoms with Gasteiger partial charge in [-0.05, 0) is 48.4 Å². The standard InChI is InChI=1S/C25H26N2O5/c1-18-7-9-19(10-8-18)16-32-23-12-11-20(13-24(23)30-3)15-26-27-25(28)17-31-22-6-4-5-21(14-22)29-2/h4-15H,16-17H2,1-3H3,(H,27,28)/b26-15+. The lowest BCUT2D eigenvalue weighted by atomic mass is 10.2. The van der Waals surface area contributed by atoms with E-state index in [1.54, 1.807) is 44.6 Å². The second-order valence-electron chi connectivity index (χ2n) is 6.95. The van der Waals surface area contributed by atoms with Crippen LogP contribution < -0.4 is 24.4 Å². The van der Waals surface area contributed by atoms with Crippen LogP contribution in [0.15, 0.2) is 71.8 Å². The normalized spacial score (nSPS) is 10.6. The molecular weight excluding hydrogens is 408 g/mol. The van der Waals surface area contributed by atoms with Gasteiger partial charge in [-0.15, -0.1) is 0 Å². The molecule has 7 heteroatoms. The summed E-state index contributed by atoms with van der Waals surface area (Å²) in [6.45, 7) is 2.32. The third kappa shape index (κ3) is 6.77. The lowest BCUT2D eigenvalue weighted by Crippen LogP contribution is -2.24. The summed E-state index contributed by atoms with van der Waals surface area (Å²) < 4.78 is 21.9. The van der Waals surface area contributed by atoms with Gasteiger partial charge in [0.05, 0.1) is 20.4 Å².